The van der Waals surface area contributed by atoms with Gasteiger partial charge in [0.15, 0.2) is 0 Å². The highest BCUT2D eigenvalue weighted by Gasteiger charge is 2.44. The molecule has 0 spiro atoms. The lowest BCUT2D eigenvalue weighted by atomic mass is 9.69. The minimum Gasteiger partial charge on any atom is -0.481 e. The number of carbonyl (C=O) groups excluding carboxylic acids is 1. The number of carbonyl (C=O) groups is 2. The Kier molecular flexibility index (Phi) is 3.42. The minimum absolute atomic E-state index is 0.00506. The molecule has 1 aromatic rings. The summed E-state index contributed by atoms with van der Waals surface area (Å²) in [7, 11) is 0. The SMILES string of the molecule is Cc1ccc(C(=O)NCC2(C(=O)O)CCC2)c(=O)[nH]1. The Bertz CT molecular complexity index is 572. The molecule has 0 bridgehead atoms. The standard InChI is InChI=1S/C13H16N2O4/c1-8-3-4-9(11(17)15-8)10(16)14-7-13(12(18)19)5-2-6-13/h3-4H,2,5-7H2,1H3,(H,14,16)(H,15,17)(H,18,19). The van der Waals surface area contributed by atoms with Crippen LogP contribution in [0.4, 0.5) is 0 Å². The van der Waals surface area contributed by atoms with Gasteiger partial charge in [0.2, 0.25) is 0 Å². The van der Waals surface area contributed by atoms with E-state index in [1.54, 1.807) is 13.0 Å². The van der Waals surface area contributed by atoms with Crippen LogP contribution in [0.2, 0.25) is 0 Å². The summed E-state index contributed by atoms with van der Waals surface area (Å²) in [6.07, 6.45) is 1.98. The normalized spacial score (nSPS) is 16.5. The molecule has 2 rings (SSSR count). The number of hydrogen-bond acceptors (Lipinski definition) is 3. The molecule has 1 heterocycles. The summed E-state index contributed by atoms with van der Waals surface area (Å²) in [6.45, 7) is 1.78. The first-order chi connectivity index (χ1) is 8.94. The Labute approximate surface area is 109 Å². The number of carboxylic acids is 1. The van der Waals surface area contributed by atoms with E-state index in [1.165, 1.54) is 6.07 Å². The summed E-state index contributed by atoms with van der Waals surface area (Å²) in [5.74, 6) is -1.43. The lowest BCUT2D eigenvalue weighted by Gasteiger charge is -2.37. The van der Waals surface area contributed by atoms with Crippen LogP contribution in [0.5, 0.6) is 0 Å². The predicted octanol–water partition coefficient (Wildman–Crippen LogP) is 0.668. The van der Waals surface area contributed by atoms with Gasteiger partial charge in [-0.05, 0) is 31.9 Å². The van der Waals surface area contributed by atoms with E-state index in [1.807, 2.05) is 0 Å². The summed E-state index contributed by atoms with van der Waals surface area (Å²) < 4.78 is 0. The first-order valence-corrected chi connectivity index (χ1v) is 6.16. The maximum Gasteiger partial charge on any atom is 0.311 e. The van der Waals surface area contributed by atoms with Crippen LogP contribution in [0.1, 0.15) is 35.3 Å². The number of rotatable bonds is 4. The van der Waals surface area contributed by atoms with Crippen molar-refractivity contribution in [2.45, 2.75) is 26.2 Å². The van der Waals surface area contributed by atoms with E-state index in [0.717, 1.165) is 6.42 Å². The minimum atomic E-state index is -0.892. The Hall–Kier alpha value is -2.11. The molecule has 6 heteroatoms. The average Bonchev–Trinajstić information content (AvgIpc) is 2.26. The van der Waals surface area contributed by atoms with Gasteiger partial charge in [0.25, 0.3) is 11.5 Å². The van der Waals surface area contributed by atoms with Crippen molar-refractivity contribution in [2.24, 2.45) is 5.41 Å². The van der Waals surface area contributed by atoms with Gasteiger partial charge in [-0.3, -0.25) is 14.4 Å². The van der Waals surface area contributed by atoms with Crippen molar-refractivity contribution >= 4 is 11.9 Å². The number of amides is 1. The summed E-state index contributed by atoms with van der Waals surface area (Å²) >= 11 is 0. The van der Waals surface area contributed by atoms with Gasteiger partial charge in [-0.1, -0.05) is 6.42 Å². The highest BCUT2D eigenvalue weighted by atomic mass is 16.4. The van der Waals surface area contributed by atoms with Crippen LogP contribution in [0.15, 0.2) is 16.9 Å². The third kappa shape index (κ3) is 2.52. The van der Waals surface area contributed by atoms with Gasteiger partial charge in [-0.25, -0.2) is 0 Å². The number of nitrogens with one attached hydrogen (secondary N) is 2. The summed E-state index contributed by atoms with van der Waals surface area (Å²) in [5.41, 5.74) is -0.642. The van der Waals surface area contributed by atoms with E-state index in [9.17, 15) is 14.4 Å². The van der Waals surface area contributed by atoms with E-state index >= 15 is 0 Å². The fourth-order valence-corrected chi connectivity index (χ4v) is 2.17. The van der Waals surface area contributed by atoms with Crippen LogP contribution < -0.4 is 10.9 Å². The molecule has 6 nitrogen and oxygen atoms in total. The molecule has 3 N–H and O–H groups in total. The second-order valence-electron chi connectivity index (χ2n) is 5.01. The van der Waals surface area contributed by atoms with E-state index < -0.39 is 22.9 Å². The highest BCUT2D eigenvalue weighted by Crippen LogP contribution is 2.40. The van der Waals surface area contributed by atoms with Gasteiger partial charge >= 0.3 is 5.97 Å². The largest absolute Gasteiger partial charge is 0.481 e. The van der Waals surface area contributed by atoms with Crippen LogP contribution in [-0.4, -0.2) is 28.5 Å². The second-order valence-corrected chi connectivity index (χ2v) is 5.01. The van der Waals surface area contributed by atoms with Gasteiger partial charge in [-0.2, -0.15) is 0 Å². The van der Waals surface area contributed by atoms with Crippen LogP contribution in [-0.2, 0) is 4.79 Å². The molecule has 1 saturated carbocycles. The van der Waals surface area contributed by atoms with Crippen LogP contribution in [0.25, 0.3) is 0 Å². The van der Waals surface area contributed by atoms with Gasteiger partial charge in [0.05, 0.1) is 5.41 Å². The summed E-state index contributed by atoms with van der Waals surface area (Å²) in [4.78, 5) is 37.1. The first kappa shape index (κ1) is 13.3. The molecule has 0 unspecified atom stereocenters. The number of aromatic nitrogens is 1. The quantitative estimate of drug-likeness (QED) is 0.744. The van der Waals surface area contributed by atoms with Crippen LogP contribution in [0, 0.1) is 12.3 Å². The molecular weight excluding hydrogens is 248 g/mol. The van der Waals surface area contributed by atoms with E-state index in [0.29, 0.717) is 18.5 Å². The molecular formula is C13H16N2O4. The number of aliphatic carboxylic acids is 1. The van der Waals surface area contributed by atoms with Crippen molar-refractivity contribution in [2.75, 3.05) is 6.54 Å². The third-order valence-electron chi connectivity index (χ3n) is 3.65. The van der Waals surface area contributed by atoms with Crippen molar-refractivity contribution in [3.8, 4) is 0 Å². The fourth-order valence-electron chi connectivity index (χ4n) is 2.17. The number of aromatic amines is 1. The molecule has 0 saturated heterocycles. The molecule has 1 fully saturated rings. The maximum atomic E-state index is 11.9. The molecule has 0 atom stereocenters. The van der Waals surface area contributed by atoms with Gasteiger partial charge in [-0.15, -0.1) is 0 Å². The lowest BCUT2D eigenvalue weighted by molar-refractivity contribution is -0.153. The molecule has 0 radical (unpaired) electrons. The third-order valence-corrected chi connectivity index (χ3v) is 3.65. The first-order valence-electron chi connectivity index (χ1n) is 6.16. The average molecular weight is 264 g/mol. The molecule has 1 aliphatic rings. The number of hydrogen-bond donors (Lipinski definition) is 3. The van der Waals surface area contributed by atoms with E-state index in [2.05, 4.69) is 10.3 Å². The van der Waals surface area contributed by atoms with Crippen LogP contribution in [0.3, 0.4) is 0 Å². The zero-order valence-electron chi connectivity index (χ0n) is 10.7. The number of carboxylic acid groups (broad SMARTS) is 1. The predicted molar refractivity (Wildman–Crippen MR) is 68.1 cm³/mol. The number of H-pyrrole nitrogens is 1. The van der Waals surface area contributed by atoms with Crippen molar-refractivity contribution in [1.82, 2.24) is 10.3 Å². The Morgan fingerprint density at radius 1 is 1.42 bits per heavy atom. The summed E-state index contributed by atoms with van der Waals surface area (Å²) in [6, 6.07) is 3.07. The molecule has 1 aromatic heterocycles. The topological polar surface area (TPSA) is 99.3 Å². The Morgan fingerprint density at radius 2 is 2.11 bits per heavy atom. The Balaban J connectivity index is 2.06. The van der Waals surface area contributed by atoms with Crippen molar-refractivity contribution in [3.05, 3.63) is 33.7 Å². The monoisotopic (exact) mass is 264 g/mol. The van der Waals surface area contributed by atoms with Crippen molar-refractivity contribution in [1.29, 1.82) is 0 Å². The van der Waals surface area contributed by atoms with Gasteiger partial charge in [0.1, 0.15) is 5.56 Å². The molecule has 1 amide bonds. The van der Waals surface area contributed by atoms with E-state index in [4.69, 9.17) is 5.11 Å². The lowest BCUT2D eigenvalue weighted by Crippen LogP contribution is -2.48. The van der Waals surface area contributed by atoms with Crippen molar-refractivity contribution in [3.63, 3.8) is 0 Å². The van der Waals surface area contributed by atoms with Gasteiger partial charge < -0.3 is 15.4 Å². The van der Waals surface area contributed by atoms with Crippen LogP contribution >= 0.6 is 0 Å². The summed E-state index contributed by atoms with van der Waals surface area (Å²) in [5, 5.41) is 11.7. The molecule has 102 valence electrons. The number of aryl methyl sites for hydroxylation is 1. The molecule has 1 aliphatic carbocycles. The van der Waals surface area contributed by atoms with Crippen molar-refractivity contribution < 1.29 is 14.7 Å². The molecule has 19 heavy (non-hydrogen) atoms. The second kappa shape index (κ2) is 4.87. The zero-order chi connectivity index (χ0) is 14.0. The van der Waals surface area contributed by atoms with Gasteiger partial charge in [0, 0.05) is 12.2 Å². The molecule has 0 aliphatic heterocycles. The molecule has 0 aromatic carbocycles. The zero-order valence-corrected chi connectivity index (χ0v) is 10.7. The maximum absolute atomic E-state index is 11.9. The Morgan fingerprint density at radius 3 is 2.58 bits per heavy atom. The van der Waals surface area contributed by atoms with E-state index in [-0.39, 0.29) is 12.1 Å². The highest BCUT2D eigenvalue weighted by molar-refractivity contribution is 5.94. The smallest absolute Gasteiger partial charge is 0.311 e. The fraction of sp³-hybridized carbons (Fsp3) is 0.462. The number of pyridine rings is 1.